The number of rotatable bonds is 10. The molecule has 0 saturated carbocycles. The second-order valence-electron chi connectivity index (χ2n) is 9.67. The molecular formula is C31H27BrN6O3S. The highest BCUT2D eigenvalue weighted by molar-refractivity contribution is 9.10. The number of nitrogens with one attached hydrogen (secondary N) is 1. The molecule has 0 aliphatic carbocycles. The van der Waals surface area contributed by atoms with Crippen molar-refractivity contribution in [2.24, 2.45) is 0 Å². The molecule has 212 valence electrons. The number of furan rings is 1. The Morgan fingerprint density at radius 1 is 1.17 bits per heavy atom. The Morgan fingerprint density at radius 2 is 2.02 bits per heavy atom. The number of esters is 1. The number of unbranched alkanes of at least 4 members (excludes halogenated alkanes) is 1. The monoisotopic (exact) mass is 642 g/mol. The molecule has 0 amide bonds. The molecule has 42 heavy (non-hydrogen) atoms. The summed E-state index contributed by atoms with van der Waals surface area (Å²) >= 11 is 5.30. The van der Waals surface area contributed by atoms with Crippen molar-refractivity contribution in [1.82, 2.24) is 30.2 Å². The second-order valence-corrected chi connectivity index (χ2v) is 11.4. The highest BCUT2D eigenvalue weighted by Crippen LogP contribution is 2.41. The van der Waals surface area contributed by atoms with Gasteiger partial charge in [-0.25, -0.2) is 9.78 Å². The molecule has 0 unspecified atom stereocenters. The number of carbonyl (C=O) groups is 1. The molecule has 6 rings (SSSR count). The van der Waals surface area contributed by atoms with Crippen LogP contribution in [0.5, 0.6) is 0 Å². The summed E-state index contributed by atoms with van der Waals surface area (Å²) in [6, 6.07) is 17.8. The van der Waals surface area contributed by atoms with Crippen molar-refractivity contribution in [2.75, 3.05) is 7.11 Å². The molecular weight excluding hydrogens is 616 g/mol. The highest BCUT2D eigenvalue weighted by atomic mass is 79.9. The Balaban J connectivity index is 1.40. The average Bonchev–Trinajstić information content (AvgIpc) is 3.84. The van der Waals surface area contributed by atoms with Gasteiger partial charge in [0.25, 0.3) is 0 Å². The summed E-state index contributed by atoms with van der Waals surface area (Å²) in [4.78, 5) is 18.3. The van der Waals surface area contributed by atoms with E-state index in [0.29, 0.717) is 23.7 Å². The zero-order chi connectivity index (χ0) is 29.1. The standard InChI is InChI=1S/C31H27BrN6O3S/c1-3-4-11-27-33-17-20(16-24(31(39)40-2)26-10-7-14-42-26)38(27)18-19-12-13-25-23(15-19)28(32)29(41-25)21-8-5-6-9-22(21)30-34-36-37-35-30/h5-10,12-17H,3-4,11,18H2,1-2H3,(H,34,35,36,37)/b24-16-. The summed E-state index contributed by atoms with van der Waals surface area (Å²) in [5.41, 5.74) is 4.85. The van der Waals surface area contributed by atoms with E-state index in [1.165, 1.54) is 18.4 Å². The number of methoxy groups -OCH3 is 1. The van der Waals surface area contributed by atoms with Crippen molar-refractivity contribution in [2.45, 2.75) is 32.7 Å². The maximum absolute atomic E-state index is 12.7. The molecule has 4 heterocycles. The third-order valence-corrected chi connectivity index (χ3v) is 8.69. The van der Waals surface area contributed by atoms with Crippen LogP contribution < -0.4 is 0 Å². The number of imidazole rings is 1. The molecule has 0 atom stereocenters. The van der Waals surface area contributed by atoms with Gasteiger partial charge >= 0.3 is 5.97 Å². The van der Waals surface area contributed by atoms with Crippen LogP contribution in [0.1, 0.15) is 41.7 Å². The molecule has 0 radical (unpaired) electrons. The van der Waals surface area contributed by atoms with E-state index < -0.39 is 0 Å². The van der Waals surface area contributed by atoms with Crippen LogP contribution in [0.25, 0.3) is 45.3 Å². The van der Waals surface area contributed by atoms with Crippen molar-refractivity contribution >= 4 is 55.9 Å². The van der Waals surface area contributed by atoms with Gasteiger partial charge in [0, 0.05) is 34.4 Å². The molecule has 2 aromatic carbocycles. The molecule has 1 N–H and O–H groups in total. The van der Waals surface area contributed by atoms with Crippen molar-refractivity contribution in [3.63, 3.8) is 0 Å². The van der Waals surface area contributed by atoms with Gasteiger partial charge in [-0.1, -0.05) is 49.7 Å². The van der Waals surface area contributed by atoms with Gasteiger partial charge in [-0.2, -0.15) is 5.21 Å². The highest BCUT2D eigenvalue weighted by Gasteiger charge is 2.20. The average molecular weight is 644 g/mol. The van der Waals surface area contributed by atoms with Gasteiger partial charge in [0.05, 0.1) is 29.0 Å². The van der Waals surface area contributed by atoms with E-state index in [0.717, 1.165) is 67.8 Å². The minimum atomic E-state index is -0.377. The predicted molar refractivity (Wildman–Crippen MR) is 167 cm³/mol. The fourth-order valence-electron chi connectivity index (χ4n) is 4.90. The van der Waals surface area contributed by atoms with Crippen molar-refractivity contribution in [3.05, 3.63) is 92.6 Å². The fraction of sp³-hybridized carbons (Fsp3) is 0.194. The van der Waals surface area contributed by atoms with Crippen LogP contribution in [-0.2, 0) is 22.5 Å². The second kappa shape index (κ2) is 12.3. The Labute approximate surface area is 254 Å². The molecule has 0 fully saturated rings. The number of aryl methyl sites for hydroxylation is 1. The lowest BCUT2D eigenvalue weighted by molar-refractivity contribution is -0.133. The minimum Gasteiger partial charge on any atom is -0.465 e. The third kappa shape index (κ3) is 5.45. The van der Waals surface area contributed by atoms with Crippen LogP contribution >= 0.6 is 27.3 Å². The van der Waals surface area contributed by atoms with Crippen LogP contribution in [0.15, 0.2) is 75.1 Å². The van der Waals surface area contributed by atoms with Crippen LogP contribution in [0.2, 0.25) is 0 Å². The lowest BCUT2D eigenvalue weighted by Gasteiger charge is -2.12. The van der Waals surface area contributed by atoms with Gasteiger partial charge in [-0.3, -0.25) is 0 Å². The first kappa shape index (κ1) is 27.8. The first-order chi connectivity index (χ1) is 20.6. The Kier molecular flexibility index (Phi) is 8.11. The fourth-order valence-corrected chi connectivity index (χ4v) is 6.24. The van der Waals surface area contributed by atoms with Gasteiger partial charge in [0.2, 0.25) is 5.82 Å². The maximum atomic E-state index is 12.7. The quantitative estimate of drug-likeness (QED) is 0.122. The van der Waals surface area contributed by atoms with Crippen molar-refractivity contribution < 1.29 is 13.9 Å². The van der Waals surface area contributed by atoms with Crippen LogP contribution in [0, 0.1) is 0 Å². The largest absolute Gasteiger partial charge is 0.465 e. The Hall–Kier alpha value is -4.35. The van der Waals surface area contributed by atoms with E-state index in [-0.39, 0.29) is 5.97 Å². The van der Waals surface area contributed by atoms with Gasteiger partial charge in [-0.05, 0) is 62.8 Å². The van der Waals surface area contributed by atoms with E-state index in [4.69, 9.17) is 14.1 Å². The number of ether oxygens (including phenoxy) is 1. The maximum Gasteiger partial charge on any atom is 0.339 e. The number of halogens is 1. The first-order valence-corrected chi connectivity index (χ1v) is 15.2. The molecule has 0 spiro atoms. The summed E-state index contributed by atoms with van der Waals surface area (Å²) in [5, 5.41) is 17.4. The first-order valence-electron chi connectivity index (χ1n) is 13.5. The van der Waals surface area contributed by atoms with E-state index in [2.05, 4.69) is 60.2 Å². The normalized spacial score (nSPS) is 11.8. The SMILES string of the molecule is CCCCc1ncc(/C=C(\C(=O)OC)c2cccs2)n1Cc1ccc2oc(-c3ccccc3-c3nn[nH]n3)c(Br)c2c1. The molecule has 0 aliphatic rings. The molecule has 6 aromatic rings. The molecule has 11 heteroatoms. The topological polar surface area (TPSA) is 112 Å². The Morgan fingerprint density at radius 3 is 2.76 bits per heavy atom. The minimum absolute atomic E-state index is 0.377. The molecule has 0 bridgehead atoms. The number of carbonyl (C=O) groups excluding carboxylic acids is 1. The molecule has 9 nitrogen and oxygen atoms in total. The number of fused-ring (bicyclic) bond motifs is 1. The number of aromatic amines is 1. The molecule has 4 aromatic heterocycles. The zero-order valence-corrected chi connectivity index (χ0v) is 25.4. The van der Waals surface area contributed by atoms with Crippen LogP contribution in [0.3, 0.4) is 0 Å². The van der Waals surface area contributed by atoms with Crippen molar-refractivity contribution in [1.29, 1.82) is 0 Å². The number of thiophene rings is 1. The van der Waals surface area contributed by atoms with Gasteiger partial charge in [0.1, 0.15) is 17.2 Å². The van der Waals surface area contributed by atoms with Crippen LogP contribution in [0.4, 0.5) is 0 Å². The van der Waals surface area contributed by atoms with Gasteiger partial charge in [-0.15, -0.1) is 21.5 Å². The Bertz CT molecular complexity index is 1870. The zero-order valence-electron chi connectivity index (χ0n) is 23.0. The number of benzene rings is 2. The van der Waals surface area contributed by atoms with Crippen molar-refractivity contribution in [3.8, 4) is 22.7 Å². The lowest BCUT2D eigenvalue weighted by atomic mass is 10.0. The van der Waals surface area contributed by atoms with E-state index in [1.54, 1.807) is 0 Å². The van der Waals surface area contributed by atoms with Crippen LogP contribution in [-0.4, -0.2) is 43.3 Å². The van der Waals surface area contributed by atoms with Gasteiger partial charge in [0.15, 0.2) is 0 Å². The summed E-state index contributed by atoms with van der Waals surface area (Å²) in [5.74, 6) is 1.78. The summed E-state index contributed by atoms with van der Waals surface area (Å²) in [6.07, 6.45) is 6.62. The lowest BCUT2D eigenvalue weighted by Crippen LogP contribution is -2.09. The summed E-state index contributed by atoms with van der Waals surface area (Å²) < 4.78 is 14.5. The van der Waals surface area contributed by atoms with E-state index in [1.807, 2.05) is 60.1 Å². The summed E-state index contributed by atoms with van der Waals surface area (Å²) in [7, 11) is 1.40. The van der Waals surface area contributed by atoms with Gasteiger partial charge < -0.3 is 13.7 Å². The number of hydrogen-bond donors (Lipinski definition) is 1. The van der Waals surface area contributed by atoms with E-state index >= 15 is 0 Å². The third-order valence-electron chi connectivity index (χ3n) is 7.00. The van der Waals surface area contributed by atoms with E-state index in [9.17, 15) is 4.79 Å². The number of hydrogen-bond acceptors (Lipinski definition) is 8. The molecule has 0 aliphatic heterocycles. The number of aromatic nitrogens is 6. The summed E-state index contributed by atoms with van der Waals surface area (Å²) in [6.45, 7) is 2.74. The number of nitrogens with zero attached hydrogens (tertiary/aromatic N) is 5. The smallest absolute Gasteiger partial charge is 0.339 e. The predicted octanol–water partition coefficient (Wildman–Crippen LogP) is 7.40. The number of tetrazole rings is 1. The number of H-pyrrole nitrogens is 1. The molecule has 0 saturated heterocycles.